The molecule has 20 heavy (non-hydrogen) atoms. The molecule has 2 rings (SSSR count). The third kappa shape index (κ3) is 3.76. The van der Waals surface area contributed by atoms with Crippen molar-refractivity contribution >= 4 is 23.5 Å². The van der Waals surface area contributed by atoms with Gasteiger partial charge in [0.15, 0.2) is 0 Å². The molecule has 0 bridgehead atoms. The van der Waals surface area contributed by atoms with Gasteiger partial charge in [-0.25, -0.2) is 5.01 Å². The van der Waals surface area contributed by atoms with Crippen molar-refractivity contribution in [3.8, 4) is 0 Å². The van der Waals surface area contributed by atoms with Crippen molar-refractivity contribution in [2.24, 2.45) is 5.10 Å². The molecular formula is C12H9F3N2O3. The molecular weight excluding hydrogens is 277 g/mol. The Hall–Kier alpha value is -2.47. The quantitative estimate of drug-likeness (QED) is 0.795. The van der Waals surface area contributed by atoms with Crippen LogP contribution in [0.15, 0.2) is 29.4 Å². The zero-order valence-electron chi connectivity index (χ0n) is 10.3. The lowest BCUT2D eigenvalue weighted by Crippen LogP contribution is -2.20. The second-order valence-corrected chi connectivity index (χ2v) is 3.85. The molecule has 1 aromatic rings. The van der Waals surface area contributed by atoms with E-state index in [0.29, 0.717) is 5.71 Å². The molecule has 1 aliphatic rings. The first kappa shape index (κ1) is 15.6. The van der Waals surface area contributed by atoms with Crippen molar-refractivity contribution in [3.63, 3.8) is 0 Å². The second-order valence-electron chi connectivity index (χ2n) is 3.85. The highest BCUT2D eigenvalue weighted by atomic mass is 19.4. The van der Waals surface area contributed by atoms with E-state index in [0.717, 1.165) is 17.1 Å². The first-order valence-corrected chi connectivity index (χ1v) is 5.33. The van der Waals surface area contributed by atoms with Gasteiger partial charge in [-0.1, -0.05) is 6.07 Å². The summed E-state index contributed by atoms with van der Waals surface area (Å²) in [5.74, 6) is -0.318. The lowest BCUT2D eigenvalue weighted by Gasteiger charge is -2.14. The summed E-state index contributed by atoms with van der Waals surface area (Å²) >= 11 is 0. The lowest BCUT2D eigenvalue weighted by atomic mass is 10.2. The number of hydrogen-bond acceptors (Lipinski definition) is 4. The monoisotopic (exact) mass is 286 g/mol. The fourth-order valence-electron chi connectivity index (χ4n) is 1.57. The summed E-state index contributed by atoms with van der Waals surface area (Å²) in [6, 6.07) is 4.56. The number of nitrogens with zero attached hydrogens (tertiary/aromatic N) is 2. The van der Waals surface area contributed by atoms with Crippen molar-refractivity contribution < 1.29 is 27.6 Å². The van der Waals surface area contributed by atoms with Gasteiger partial charge in [0.2, 0.25) is 0 Å². The standard InChI is InChI=1S/C11H9F3N2O.CO2/c1-7-5-10(17)16(15-7)9-4-2-3-8(6-9)11(12,13)14;2-1-3/h2-4,6H,5H2,1H3;. The van der Waals surface area contributed by atoms with Gasteiger partial charge in [0.05, 0.1) is 17.7 Å². The minimum atomic E-state index is -4.42. The summed E-state index contributed by atoms with van der Waals surface area (Å²) in [6.45, 7) is 1.66. The molecule has 1 heterocycles. The van der Waals surface area contributed by atoms with E-state index < -0.39 is 11.7 Å². The fourth-order valence-corrected chi connectivity index (χ4v) is 1.57. The summed E-state index contributed by atoms with van der Waals surface area (Å²) in [5.41, 5.74) is -0.0587. The van der Waals surface area contributed by atoms with Gasteiger partial charge in [-0.2, -0.15) is 27.9 Å². The van der Waals surface area contributed by atoms with Gasteiger partial charge in [-0.15, -0.1) is 0 Å². The number of anilines is 1. The van der Waals surface area contributed by atoms with Crippen LogP contribution in [0.25, 0.3) is 0 Å². The molecule has 0 aliphatic carbocycles. The van der Waals surface area contributed by atoms with Gasteiger partial charge in [0.1, 0.15) is 0 Å². The maximum atomic E-state index is 12.5. The van der Waals surface area contributed by atoms with Gasteiger partial charge in [-0.05, 0) is 25.1 Å². The summed E-state index contributed by atoms with van der Waals surface area (Å²) in [6.07, 6.45) is -4.02. The molecule has 106 valence electrons. The number of amides is 1. The Morgan fingerprint density at radius 3 is 2.35 bits per heavy atom. The molecule has 1 amide bonds. The summed E-state index contributed by atoms with van der Waals surface area (Å²) in [4.78, 5) is 27.7. The molecule has 0 N–H and O–H groups in total. The van der Waals surface area contributed by atoms with Crippen LogP contribution >= 0.6 is 0 Å². The van der Waals surface area contributed by atoms with Crippen molar-refractivity contribution in [1.29, 1.82) is 0 Å². The number of rotatable bonds is 1. The Balaban J connectivity index is 0.000000612. The van der Waals surface area contributed by atoms with Crippen molar-refractivity contribution in [2.45, 2.75) is 19.5 Å². The number of carbonyl (C=O) groups is 1. The Labute approximate surface area is 111 Å². The van der Waals surface area contributed by atoms with Gasteiger partial charge in [0.25, 0.3) is 5.91 Å². The minimum absolute atomic E-state index is 0.140. The molecule has 0 saturated carbocycles. The van der Waals surface area contributed by atoms with Gasteiger partial charge in [-0.3, -0.25) is 4.79 Å². The highest BCUT2D eigenvalue weighted by Crippen LogP contribution is 2.32. The van der Waals surface area contributed by atoms with Gasteiger partial charge < -0.3 is 0 Å². The number of hydrogen-bond donors (Lipinski definition) is 0. The number of hydrazone groups is 1. The average molecular weight is 286 g/mol. The molecule has 0 spiro atoms. The SMILES string of the molecule is CC1=NN(c2cccc(C(F)(F)F)c2)C(=O)C1.O=C=O. The molecule has 5 nitrogen and oxygen atoms in total. The maximum Gasteiger partial charge on any atom is 0.416 e. The predicted octanol–water partition coefficient (Wildman–Crippen LogP) is 2.23. The largest absolute Gasteiger partial charge is 0.416 e. The topological polar surface area (TPSA) is 66.8 Å². The molecule has 0 saturated heterocycles. The first-order chi connectivity index (χ1) is 9.29. The van der Waals surface area contributed by atoms with E-state index >= 15 is 0 Å². The van der Waals surface area contributed by atoms with E-state index in [9.17, 15) is 18.0 Å². The number of alkyl halides is 3. The van der Waals surface area contributed by atoms with Crippen LogP contribution in [-0.4, -0.2) is 17.8 Å². The van der Waals surface area contributed by atoms with E-state index in [-0.39, 0.29) is 24.2 Å². The van der Waals surface area contributed by atoms with E-state index in [1.807, 2.05) is 0 Å². The molecule has 0 aromatic heterocycles. The first-order valence-electron chi connectivity index (χ1n) is 5.33. The van der Waals surface area contributed by atoms with Crippen molar-refractivity contribution in [1.82, 2.24) is 0 Å². The van der Waals surface area contributed by atoms with Gasteiger partial charge >= 0.3 is 12.3 Å². The van der Waals surface area contributed by atoms with Crippen LogP contribution in [0.5, 0.6) is 0 Å². The average Bonchev–Trinajstić information content (AvgIpc) is 2.69. The van der Waals surface area contributed by atoms with E-state index in [4.69, 9.17) is 9.59 Å². The molecule has 8 heteroatoms. The van der Waals surface area contributed by atoms with E-state index in [1.54, 1.807) is 6.92 Å². The normalized spacial score (nSPS) is 14.3. The highest BCUT2D eigenvalue weighted by molar-refractivity contribution is 6.12. The lowest BCUT2D eigenvalue weighted by molar-refractivity contribution is -0.191. The predicted molar refractivity (Wildman–Crippen MR) is 61.7 cm³/mol. The van der Waals surface area contributed by atoms with Crippen LogP contribution in [0.1, 0.15) is 18.9 Å². The number of benzene rings is 1. The smallest absolute Gasteiger partial charge is 0.272 e. The zero-order valence-corrected chi connectivity index (χ0v) is 10.3. The van der Waals surface area contributed by atoms with Crippen LogP contribution in [0.4, 0.5) is 18.9 Å². The Morgan fingerprint density at radius 2 is 1.90 bits per heavy atom. The number of halogens is 3. The molecule has 0 radical (unpaired) electrons. The van der Waals surface area contributed by atoms with E-state index in [2.05, 4.69) is 5.10 Å². The molecule has 1 aromatic carbocycles. The van der Waals surface area contributed by atoms with E-state index in [1.165, 1.54) is 12.1 Å². The summed E-state index contributed by atoms with van der Waals surface area (Å²) in [5, 5.41) is 4.90. The minimum Gasteiger partial charge on any atom is -0.272 e. The van der Waals surface area contributed by atoms with Crippen LogP contribution in [0.2, 0.25) is 0 Å². The molecule has 0 atom stereocenters. The zero-order chi connectivity index (χ0) is 15.3. The molecule has 0 fully saturated rings. The Kier molecular flexibility index (Phi) is 4.77. The van der Waals surface area contributed by atoms with Crippen LogP contribution < -0.4 is 5.01 Å². The van der Waals surface area contributed by atoms with Crippen LogP contribution in [0, 0.1) is 0 Å². The maximum absolute atomic E-state index is 12.5. The number of carbonyl (C=O) groups excluding carboxylic acids is 3. The Bertz CT molecular complexity index is 576. The summed E-state index contributed by atoms with van der Waals surface area (Å²) in [7, 11) is 0. The van der Waals surface area contributed by atoms with Crippen LogP contribution in [-0.2, 0) is 20.6 Å². The molecule has 0 unspecified atom stereocenters. The second kappa shape index (κ2) is 6.12. The van der Waals surface area contributed by atoms with Gasteiger partial charge in [0, 0.05) is 5.71 Å². The third-order valence-corrected chi connectivity index (χ3v) is 2.33. The van der Waals surface area contributed by atoms with Crippen molar-refractivity contribution in [3.05, 3.63) is 29.8 Å². The fraction of sp³-hybridized carbons (Fsp3) is 0.250. The Morgan fingerprint density at radius 1 is 1.30 bits per heavy atom. The molecule has 1 aliphatic heterocycles. The van der Waals surface area contributed by atoms with Crippen LogP contribution in [0.3, 0.4) is 0 Å². The highest BCUT2D eigenvalue weighted by Gasteiger charge is 2.32. The third-order valence-electron chi connectivity index (χ3n) is 2.33. The van der Waals surface area contributed by atoms with Crippen molar-refractivity contribution in [2.75, 3.05) is 5.01 Å². The summed E-state index contributed by atoms with van der Waals surface area (Å²) < 4.78 is 37.5.